The molecule has 0 radical (unpaired) electrons. The van der Waals surface area contributed by atoms with Crippen molar-refractivity contribution < 1.29 is 28.5 Å². The maximum Gasteiger partial charge on any atom is 0.261 e. The summed E-state index contributed by atoms with van der Waals surface area (Å²) in [4.78, 5) is 26.9. The molecule has 2 aliphatic carbocycles. The second-order valence-corrected chi connectivity index (χ2v) is 12.9. The summed E-state index contributed by atoms with van der Waals surface area (Å²) in [6.07, 6.45) is 2.17. The lowest BCUT2D eigenvalue weighted by atomic mass is 10.1. The molecular weight excluding hydrogens is 628 g/mol. The molecule has 1 heterocycles. The quantitative estimate of drug-likeness (QED) is 0.199. The van der Waals surface area contributed by atoms with Gasteiger partial charge in [0, 0.05) is 24.6 Å². The summed E-state index contributed by atoms with van der Waals surface area (Å²) in [7, 11) is 0. The molecule has 4 aromatic rings. The summed E-state index contributed by atoms with van der Waals surface area (Å²) in [5, 5.41) is 6.01. The number of carbonyl (C=O) groups excluding carboxylic acids is 2. The molecule has 0 spiro atoms. The number of rotatable bonds is 4. The van der Waals surface area contributed by atoms with Crippen molar-refractivity contribution in [3.05, 3.63) is 132 Å². The fourth-order valence-corrected chi connectivity index (χ4v) is 6.86. The van der Waals surface area contributed by atoms with Gasteiger partial charge in [0.2, 0.25) is 0 Å². The van der Waals surface area contributed by atoms with Crippen LogP contribution in [0.2, 0.25) is 0 Å². The second-order valence-electron chi connectivity index (χ2n) is 12.9. The van der Waals surface area contributed by atoms with Gasteiger partial charge in [-0.25, -0.2) is 0 Å². The molecule has 256 valence electrons. The van der Waals surface area contributed by atoms with Gasteiger partial charge in [-0.1, -0.05) is 73.8 Å². The molecule has 4 aromatic carbocycles. The summed E-state index contributed by atoms with van der Waals surface area (Å²) in [6.45, 7) is 9.29. The molecule has 8 heteroatoms. The van der Waals surface area contributed by atoms with Gasteiger partial charge in [0.05, 0.1) is 13.2 Å². The molecule has 50 heavy (non-hydrogen) atoms. The number of hydrogen-bond acceptors (Lipinski definition) is 6. The zero-order chi connectivity index (χ0) is 34.5. The summed E-state index contributed by atoms with van der Waals surface area (Å²) >= 11 is 0. The normalized spacial score (nSPS) is 19.2. The van der Waals surface area contributed by atoms with Crippen molar-refractivity contribution in [2.45, 2.75) is 50.7 Å². The van der Waals surface area contributed by atoms with Crippen LogP contribution in [0.3, 0.4) is 0 Å². The zero-order valence-electron chi connectivity index (χ0n) is 28.2. The van der Waals surface area contributed by atoms with Crippen LogP contribution in [0.4, 0.5) is 11.4 Å². The third-order valence-electron chi connectivity index (χ3n) is 9.40. The highest BCUT2D eigenvalue weighted by Gasteiger charge is 2.28. The van der Waals surface area contributed by atoms with Gasteiger partial charge in [-0.2, -0.15) is 0 Å². The minimum atomic E-state index is -0.970. The fraction of sp³-hybridized carbons (Fsp3) is 0.286. The monoisotopic (exact) mass is 670 g/mol. The summed E-state index contributed by atoms with van der Waals surface area (Å²) in [5.41, 5.74) is 11.2. The predicted molar refractivity (Wildman–Crippen MR) is 195 cm³/mol. The molecule has 3 aliphatic rings. The van der Waals surface area contributed by atoms with Gasteiger partial charge < -0.3 is 29.6 Å². The van der Waals surface area contributed by atoms with Crippen LogP contribution in [-0.4, -0.2) is 50.4 Å². The lowest BCUT2D eigenvalue weighted by Gasteiger charge is -2.22. The first-order chi connectivity index (χ1) is 24.4. The molecule has 8 nitrogen and oxygen atoms in total. The molecule has 2 atom stereocenters. The Labute approximate surface area is 293 Å². The Morgan fingerprint density at radius 2 is 0.920 bits per heavy atom. The Bertz CT molecular complexity index is 1790. The highest BCUT2D eigenvalue weighted by molar-refractivity contribution is 5.97. The zero-order valence-corrected chi connectivity index (χ0v) is 28.2. The number of ether oxygens (including phenoxy) is 4. The average Bonchev–Trinajstić information content (AvgIpc) is 3.67. The molecule has 1 saturated heterocycles. The summed E-state index contributed by atoms with van der Waals surface area (Å²) in [6, 6.07) is 28.7. The highest BCUT2D eigenvalue weighted by atomic mass is 16.5. The Morgan fingerprint density at radius 1 is 0.520 bits per heavy atom. The Balaban J connectivity index is 0.932. The van der Waals surface area contributed by atoms with Gasteiger partial charge in [0.1, 0.15) is 11.5 Å². The molecular formula is C42H42N2O6. The average molecular weight is 671 g/mol. The van der Waals surface area contributed by atoms with E-state index in [-0.39, 0.29) is 23.3 Å². The minimum Gasteiger partial charge on any atom is -0.495 e. The lowest BCUT2D eigenvalue weighted by Crippen LogP contribution is -2.34. The predicted octanol–water partition coefficient (Wildman–Crippen LogP) is 7.81. The minimum absolute atomic E-state index is 0.253. The molecule has 7 rings (SSSR count). The van der Waals surface area contributed by atoms with E-state index in [1.165, 1.54) is 44.5 Å². The van der Waals surface area contributed by atoms with E-state index in [1.807, 2.05) is 48.5 Å². The molecule has 2 amide bonds. The Kier molecular flexibility index (Phi) is 10.1. The first-order valence-electron chi connectivity index (χ1n) is 17.3. The van der Waals surface area contributed by atoms with E-state index in [9.17, 15) is 9.59 Å². The van der Waals surface area contributed by atoms with E-state index in [0.29, 0.717) is 63.5 Å². The first kappa shape index (κ1) is 33.3. The summed E-state index contributed by atoms with van der Waals surface area (Å²) < 4.78 is 23.9. The third kappa shape index (κ3) is 7.37. The van der Waals surface area contributed by atoms with Crippen LogP contribution in [0.5, 0.6) is 0 Å². The number of anilines is 2. The van der Waals surface area contributed by atoms with Crippen LogP contribution < -0.4 is 10.6 Å². The number of hydrogen-bond donors (Lipinski definition) is 2. The van der Waals surface area contributed by atoms with Gasteiger partial charge in [-0.3, -0.25) is 9.59 Å². The van der Waals surface area contributed by atoms with Crippen molar-refractivity contribution in [1.29, 1.82) is 0 Å². The van der Waals surface area contributed by atoms with Crippen LogP contribution in [0.1, 0.15) is 47.9 Å². The van der Waals surface area contributed by atoms with E-state index in [4.69, 9.17) is 18.9 Å². The van der Waals surface area contributed by atoms with Crippen LogP contribution in [0, 0.1) is 0 Å². The van der Waals surface area contributed by atoms with E-state index in [1.54, 1.807) is 0 Å². The molecule has 1 fully saturated rings. The molecule has 0 saturated carbocycles. The van der Waals surface area contributed by atoms with E-state index in [0.717, 1.165) is 12.8 Å². The van der Waals surface area contributed by atoms with Crippen LogP contribution in [0.15, 0.2) is 110 Å². The van der Waals surface area contributed by atoms with Crippen molar-refractivity contribution in [2.24, 2.45) is 0 Å². The molecule has 1 aliphatic heterocycles. The first-order valence-corrected chi connectivity index (χ1v) is 17.3. The highest BCUT2D eigenvalue weighted by Crippen LogP contribution is 2.39. The number of benzene rings is 4. The molecule has 2 unspecified atom stereocenters. The largest absolute Gasteiger partial charge is 0.495 e. The number of nitrogens with one attached hydrogen (secondary N) is 2. The molecule has 0 aromatic heterocycles. The maximum atomic E-state index is 13.4. The van der Waals surface area contributed by atoms with E-state index >= 15 is 0 Å². The number of fused-ring (bicyclic) bond motifs is 6. The van der Waals surface area contributed by atoms with Crippen molar-refractivity contribution in [2.75, 3.05) is 37.1 Å². The van der Waals surface area contributed by atoms with Crippen LogP contribution >= 0.6 is 0 Å². The van der Waals surface area contributed by atoms with Crippen molar-refractivity contribution in [3.8, 4) is 22.3 Å². The van der Waals surface area contributed by atoms with Crippen molar-refractivity contribution >= 4 is 23.2 Å². The van der Waals surface area contributed by atoms with Gasteiger partial charge in [-0.15, -0.1) is 0 Å². The third-order valence-corrected chi connectivity index (χ3v) is 9.40. The standard InChI is InChI=1S/C42H42N2O6/c1-27-39(41(45)43-33-15-17-37-31(25-33)23-29-11-3-5-13-35(29)37)49-21-10-8-20-48-28(2)40(50-22-9-7-19-47-27)42(46)44-34-16-18-38-32(26-34)24-30-12-4-6-14-36(30)38/h3-6,11-18,25-26,39-40H,1-2,7-10,19-24H2,(H,43,45)(H,44,46). The Hall–Kier alpha value is -5.18. The van der Waals surface area contributed by atoms with Crippen LogP contribution in [-0.2, 0) is 41.4 Å². The number of amides is 2. The van der Waals surface area contributed by atoms with Gasteiger partial charge >= 0.3 is 0 Å². The van der Waals surface area contributed by atoms with E-state index < -0.39 is 12.2 Å². The molecule has 2 N–H and O–H groups in total. The topological polar surface area (TPSA) is 95.1 Å². The van der Waals surface area contributed by atoms with Crippen molar-refractivity contribution in [3.63, 3.8) is 0 Å². The lowest BCUT2D eigenvalue weighted by molar-refractivity contribution is -0.127. The van der Waals surface area contributed by atoms with Gasteiger partial charge in [-0.05, 0) is 107 Å². The van der Waals surface area contributed by atoms with Gasteiger partial charge in [0.15, 0.2) is 12.2 Å². The van der Waals surface area contributed by atoms with Gasteiger partial charge in [0.25, 0.3) is 11.8 Å². The fourth-order valence-electron chi connectivity index (χ4n) is 6.86. The van der Waals surface area contributed by atoms with E-state index in [2.05, 4.69) is 60.2 Å². The van der Waals surface area contributed by atoms with Crippen molar-refractivity contribution in [1.82, 2.24) is 0 Å². The molecule has 0 bridgehead atoms. The SMILES string of the molecule is C=C1OCCCCOC(C(=O)Nc2ccc3c(c2)Cc2ccccc2-3)C(=C)OCCCCOC1C(=O)Nc1ccc2c(c1)Cc1ccccc1-2. The maximum absolute atomic E-state index is 13.4. The van der Waals surface area contributed by atoms with Crippen LogP contribution in [0.25, 0.3) is 22.3 Å². The number of carbonyl (C=O) groups is 2. The smallest absolute Gasteiger partial charge is 0.261 e. The summed E-state index contributed by atoms with van der Waals surface area (Å²) in [5.74, 6) is -0.158. The Morgan fingerprint density at radius 3 is 1.38 bits per heavy atom. The second kappa shape index (κ2) is 15.2.